The van der Waals surface area contributed by atoms with E-state index >= 15 is 0 Å². The Bertz CT molecular complexity index is 1830. The van der Waals surface area contributed by atoms with Gasteiger partial charge in [0.1, 0.15) is 24.6 Å². The fourth-order valence-corrected chi connectivity index (χ4v) is 6.36. The van der Waals surface area contributed by atoms with Crippen molar-refractivity contribution in [2.75, 3.05) is 38.2 Å². The van der Waals surface area contributed by atoms with E-state index < -0.39 is 48.9 Å². The van der Waals surface area contributed by atoms with Crippen molar-refractivity contribution in [3.8, 4) is 17.6 Å². The molecule has 3 heterocycles. The molecule has 0 radical (unpaired) electrons. The first-order chi connectivity index (χ1) is 24.3. The molecule has 2 amide bonds. The second-order valence-corrected chi connectivity index (χ2v) is 12.4. The molecule has 1 aliphatic carbocycles. The molecule has 2 fully saturated rings. The van der Waals surface area contributed by atoms with E-state index in [-0.39, 0.29) is 24.9 Å². The zero-order chi connectivity index (χ0) is 35.0. The molecule has 262 valence electrons. The smallest absolute Gasteiger partial charge is 0.410 e. The molecule has 1 saturated heterocycles. The largest absolute Gasteiger partial charge is 0.412 e. The number of fused-ring (bicyclic) bond motifs is 1. The van der Waals surface area contributed by atoms with Crippen LogP contribution in [0, 0.1) is 11.8 Å². The first-order valence-electron chi connectivity index (χ1n) is 16.5. The molecule has 2 aliphatic rings. The summed E-state index contributed by atoms with van der Waals surface area (Å²) in [4.78, 5) is 40.2. The van der Waals surface area contributed by atoms with Crippen molar-refractivity contribution in [1.29, 1.82) is 0 Å². The van der Waals surface area contributed by atoms with Crippen LogP contribution in [0.2, 0.25) is 0 Å². The number of likely N-dealkylation sites (tertiary alicyclic amines) is 1. The molecule has 4 aromatic rings. The predicted octanol–water partition coefficient (Wildman–Crippen LogP) is 0.200. The van der Waals surface area contributed by atoms with E-state index in [1.807, 2.05) is 36.4 Å². The summed E-state index contributed by atoms with van der Waals surface area (Å²) >= 11 is 0. The number of benzene rings is 2. The summed E-state index contributed by atoms with van der Waals surface area (Å²) in [6.45, 7) is 0.767. The maximum atomic E-state index is 12.3. The Kier molecular flexibility index (Phi) is 11.2. The van der Waals surface area contributed by atoms with Crippen LogP contribution in [0.4, 0.5) is 10.6 Å². The lowest BCUT2D eigenvalue weighted by atomic mass is 10.1. The molecular formula is C35H40N8O7. The Morgan fingerprint density at radius 2 is 1.76 bits per heavy atom. The number of nitrogens with one attached hydrogen (secondary N) is 3. The van der Waals surface area contributed by atoms with Gasteiger partial charge in [-0.05, 0) is 42.9 Å². The van der Waals surface area contributed by atoms with Crippen molar-refractivity contribution < 1.29 is 34.8 Å². The molecule has 15 heteroatoms. The van der Waals surface area contributed by atoms with Gasteiger partial charge in [0.05, 0.1) is 37.6 Å². The van der Waals surface area contributed by atoms with Crippen molar-refractivity contribution in [1.82, 2.24) is 35.1 Å². The SMILES string of the molecule is O=C(CO)N[C@H]1C[C@@H](n2cnc3c(N[C@H](CO)Cc4ccccc4)nc(C#CCN4CCC(NC(=O)Oc5ccccc5)C4)nc32)[C@H](O)[C@@H]1O. The summed E-state index contributed by atoms with van der Waals surface area (Å²) in [7, 11) is 0. The van der Waals surface area contributed by atoms with Gasteiger partial charge in [-0.15, -0.1) is 0 Å². The number of nitrogens with zero attached hydrogens (tertiary/aromatic N) is 5. The first kappa shape index (κ1) is 34.7. The number of para-hydroxylation sites is 1. The highest BCUT2D eigenvalue weighted by Crippen LogP contribution is 2.34. The van der Waals surface area contributed by atoms with Gasteiger partial charge in [0.15, 0.2) is 17.0 Å². The van der Waals surface area contributed by atoms with E-state index in [9.17, 15) is 30.0 Å². The summed E-state index contributed by atoms with van der Waals surface area (Å²) in [5.41, 5.74) is 1.74. The van der Waals surface area contributed by atoms with Gasteiger partial charge in [0, 0.05) is 19.1 Å². The van der Waals surface area contributed by atoms with E-state index in [2.05, 4.69) is 47.6 Å². The highest BCUT2D eigenvalue weighted by molar-refractivity contribution is 5.84. The zero-order valence-electron chi connectivity index (χ0n) is 27.2. The van der Waals surface area contributed by atoms with Crippen LogP contribution in [0.15, 0.2) is 67.0 Å². The van der Waals surface area contributed by atoms with Crippen LogP contribution in [0.25, 0.3) is 11.2 Å². The molecule has 6 rings (SSSR count). The van der Waals surface area contributed by atoms with Gasteiger partial charge in [-0.25, -0.2) is 19.7 Å². The van der Waals surface area contributed by atoms with E-state index in [0.717, 1.165) is 18.5 Å². The molecule has 15 nitrogen and oxygen atoms in total. The minimum absolute atomic E-state index is 0.0926. The second-order valence-electron chi connectivity index (χ2n) is 12.4. The fourth-order valence-electron chi connectivity index (χ4n) is 6.36. The predicted molar refractivity (Wildman–Crippen MR) is 182 cm³/mol. The van der Waals surface area contributed by atoms with Crippen molar-refractivity contribution in [2.24, 2.45) is 0 Å². The molecule has 0 bridgehead atoms. The average Bonchev–Trinajstić information content (AvgIpc) is 3.83. The van der Waals surface area contributed by atoms with Crippen LogP contribution in [0.3, 0.4) is 0 Å². The molecule has 50 heavy (non-hydrogen) atoms. The number of hydrogen-bond acceptors (Lipinski definition) is 12. The minimum atomic E-state index is -1.28. The first-order valence-corrected chi connectivity index (χ1v) is 16.5. The van der Waals surface area contributed by atoms with Gasteiger partial charge in [-0.1, -0.05) is 54.5 Å². The fraction of sp³-hybridized carbons (Fsp3) is 0.400. The summed E-state index contributed by atoms with van der Waals surface area (Å²) in [6.07, 6.45) is -0.165. The van der Waals surface area contributed by atoms with E-state index in [1.54, 1.807) is 28.8 Å². The lowest BCUT2D eigenvalue weighted by Crippen LogP contribution is -2.44. The van der Waals surface area contributed by atoms with E-state index in [4.69, 9.17) is 4.74 Å². The zero-order valence-corrected chi connectivity index (χ0v) is 27.2. The highest BCUT2D eigenvalue weighted by atomic mass is 16.6. The van der Waals surface area contributed by atoms with Crippen LogP contribution in [0.1, 0.15) is 30.3 Å². The lowest BCUT2D eigenvalue weighted by Gasteiger charge is -2.19. The van der Waals surface area contributed by atoms with Gasteiger partial charge in [-0.2, -0.15) is 0 Å². The Hall–Kier alpha value is -5.11. The van der Waals surface area contributed by atoms with Gasteiger partial charge >= 0.3 is 6.09 Å². The number of aromatic nitrogens is 4. The minimum Gasteiger partial charge on any atom is -0.410 e. The van der Waals surface area contributed by atoms with Crippen molar-refractivity contribution >= 4 is 29.0 Å². The van der Waals surface area contributed by atoms with Gasteiger partial charge in [0.2, 0.25) is 11.7 Å². The molecule has 1 unspecified atom stereocenters. The summed E-state index contributed by atoms with van der Waals surface area (Å²) in [6, 6.07) is 16.6. The highest BCUT2D eigenvalue weighted by Gasteiger charge is 2.44. The normalized spacial score (nSPS) is 22.4. The Morgan fingerprint density at radius 1 is 1.00 bits per heavy atom. The molecule has 2 aromatic carbocycles. The van der Waals surface area contributed by atoms with E-state index in [1.165, 1.54) is 6.33 Å². The third-order valence-corrected chi connectivity index (χ3v) is 8.86. The van der Waals surface area contributed by atoms with Crippen LogP contribution in [0.5, 0.6) is 5.75 Å². The maximum Gasteiger partial charge on any atom is 0.412 e. The monoisotopic (exact) mass is 684 g/mol. The Labute approximate surface area is 288 Å². The quantitative estimate of drug-likeness (QED) is 0.106. The van der Waals surface area contributed by atoms with Crippen LogP contribution >= 0.6 is 0 Å². The molecule has 0 spiro atoms. The molecule has 1 aliphatic heterocycles. The van der Waals surface area contributed by atoms with Gasteiger partial charge in [-0.3, -0.25) is 9.69 Å². The number of aliphatic hydroxyl groups is 4. The molecule has 2 aromatic heterocycles. The third-order valence-electron chi connectivity index (χ3n) is 8.86. The maximum absolute atomic E-state index is 12.3. The van der Waals surface area contributed by atoms with Crippen molar-refractivity contribution in [2.45, 2.75) is 55.6 Å². The average molecular weight is 685 g/mol. The number of carbonyl (C=O) groups excluding carboxylic acids is 2. The Morgan fingerprint density at radius 3 is 2.50 bits per heavy atom. The molecular weight excluding hydrogens is 644 g/mol. The molecule has 7 N–H and O–H groups in total. The summed E-state index contributed by atoms with van der Waals surface area (Å²) in [5.74, 6) is 6.49. The second kappa shape index (κ2) is 16.1. The number of amides is 2. The van der Waals surface area contributed by atoms with Gasteiger partial charge < -0.3 is 45.7 Å². The lowest BCUT2D eigenvalue weighted by molar-refractivity contribution is -0.125. The number of aliphatic hydroxyl groups excluding tert-OH is 4. The number of anilines is 1. The third kappa shape index (κ3) is 8.36. The number of carbonyl (C=O) groups is 2. The van der Waals surface area contributed by atoms with Crippen LogP contribution in [-0.2, 0) is 11.2 Å². The summed E-state index contributed by atoms with van der Waals surface area (Å²) < 4.78 is 6.97. The van der Waals surface area contributed by atoms with E-state index in [0.29, 0.717) is 42.2 Å². The number of hydrogen-bond donors (Lipinski definition) is 7. The summed E-state index contributed by atoms with van der Waals surface area (Å²) in [5, 5.41) is 49.8. The topological polar surface area (TPSA) is 207 Å². The standard InChI is InChI=1S/C35H40N8O7/c44-19-24(16-22-8-3-1-4-9-22)37-33-30-34(43(21-36-30)27-17-26(31(47)32(27)48)39-29(46)20-45)41-28(40-33)12-7-14-42-15-13-23(18-42)38-35(49)50-25-10-5-2-6-11-25/h1-6,8-11,21,23-24,26-27,31-32,44-45,47-48H,13-20H2,(H,38,49)(H,39,46)(H,37,40,41)/t23?,24-,26-,27+,31+,32-/m0/s1. The number of imidazole rings is 1. The van der Waals surface area contributed by atoms with Gasteiger partial charge in [0.25, 0.3) is 0 Å². The number of rotatable bonds is 11. The van der Waals surface area contributed by atoms with Crippen LogP contribution < -0.4 is 20.7 Å². The molecule has 1 saturated carbocycles. The Balaban J connectivity index is 1.20. The van der Waals surface area contributed by atoms with Crippen molar-refractivity contribution in [3.63, 3.8) is 0 Å². The molecule has 6 atom stereocenters. The van der Waals surface area contributed by atoms with Crippen LogP contribution in [-0.4, -0.2) is 120 Å². The number of ether oxygens (including phenoxy) is 1. The van der Waals surface area contributed by atoms with Crippen molar-refractivity contribution in [3.05, 3.63) is 78.4 Å².